The van der Waals surface area contributed by atoms with E-state index in [9.17, 15) is 22.8 Å². The molecule has 7 nitrogen and oxygen atoms in total. The molecule has 1 aliphatic rings. The largest absolute Gasteiger partial charge is 0.462 e. The number of rotatable bonds is 4. The smallest absolute Gasteiger partial charge is 0.416 e. The number of anilines is 1. The number of hydrogen-bond donors (Lipinski definition) is 1. The highest BCUT2D eigenvalue weighted by molar-refractivity contribution is 5.96. The summed E-state index contributed by atoms with van der Waals surface area (Å²) in [5.41, 5.74) is 4.38. The first-order chi connectivity index (χ1) is 14.2. The Morgan fingerprint density at radius 3 is 2.19 bits per heavy atom. The predicted molar refractivity (Wildman–Crippen MR) is 110 cm³/mol. The van der Waals surface area contributed by atoms with Gasteiger partial charge >= 0.3 is 18.2 Å². The van der Waals surface area contributed by atoms with Crippen LogP contribution in [0.4, 0.5) is 23.7 Å². The first-order valence-electron chi connectivity index (χ1n) is 10.1. The van der Waals surface area contributed by atoms with Gasteiger partial charge in [-0.1, -0.05) is 0 Å². The SMILES string of the molecule is CCOC(=O)c1cc(C(F)(F)F)c(CN2CCN(C(=O)OC(C)(C)C)CC2)c(C)c1N. The van der Waals surface area contributed by atoms with E-state index in [0.29, 0.717) is 26.2 Å². The van der Waals surface area contributed by atoms with E-state index in [0.717, 1.165) is 6.07 Å². The number of nitrogen functional groups attached to an aromatic ring is 1. The summed E-state index contributed by atoms with van der Waals surface area (Å²) < 4.78 is 51.6. The van der Waals surface area contributed by atoms with Gasteiger partial charge in [-0.2, -0.15) is 13.2 Å². The van der Waals surface area contributed by atoms with Crippen LogP contribution in [0.2, 0.25) is 0 Å². The number of carbonyl (C=O) groups excluding carboxylic acids is 2. The zero-order valence-corrected chi connectivity index (χ0v) is 18.6. The van der Waals surface area contributed by atoms with E-state index in [1.807, 2.05) is 4.90 Å². The first kappa shape index (κ1) is 24.8. The molecule has 1 saturated heterocycles. The van der Waals surface area contributed by atoms with Crippen LogP contribution in [0.5, 0.6) is 0 Å². The van der Waals surface area contributed by atoms with Gasteiger partial charge < -0.3 is 20.1 Å². The zero-order chi connectivity index (χ0) is 23.6. The molecule has 10 heteroatoms. The van der Waals surface area contributed by atoms with Crippen molar-refractivity contribution in [3.05, 3.63) is 28.3 Å². The molecule has 1 heterocycles. The van der Waals surface area contributed by atoms with E-state index in [1.54, 1.807) is 27.7 Å². The van der Waals surface area contributed by atoms with E-state index in [2.05, 4.69) is 0 Å². The van der Waals surface area contributed by atoms with Crippen molar-refractivity contribution in [3.8, 4) is 0 Å². The molecule has 0 aromatic heterocycles. The summed E-state index contributed by atoms with van der Waals surface area (Å²) in [6.07, 6.45) is -5.10. The summed E-state index contributed by atoms with van der Waals surface area (Å²) in [4.78, 5) is 27.6. The van der Waals surface area contributed by atoms with Crippen LogP contribution in [0, 0.1) is 6.92 Å². The van der Waals surface area contributed by atoms with Crippen molar-refractivity contribution in [2.24, 2.45) is 0 Å². The van der Waals surface area contributed by atoms with Gasteiger partial charge in [0.25, 0.3) is 0 Å². The van der Waals surface area contributed by atoms with Gasteiger partial charge in [-0.05, 0) is 51.8 Å². The number of amides is 1. The summed E-state index contributed by atoms with van der Waals surface area (Å²) in [5.74, 6) is -0.883. The average Bonchev–Trinajstić information content (AvgIpc) is 2.64. The summed E-state index contributed by atoms with van der Waals surface area (Å²) in [5, 5.41) is 0. The number of hydrogen-bond acceptors (Lipinski definition) is 6. The number of nitrogens with zero attached hydrogens (tertiary/aromatic N) is 2. The third-order valence-electron chi connectivity index (χ3n) is 4.97. The quantitative estimate of drug-likeness (QED) is 0.560. The van der Waals surface area contributed by atoms with Crippen molar-refractivity contribution in [2.45, 2.75) is 52.9 Å². The Balaban J connectivity index is 2.23. The Labute approximate surface area is 180 Å². The maximum atomic E-state index is 13.8. The minimum absolute atomic E-state index is 0.00383. The van der Waals surface area contributed by atoms with Crippen molar-refractivity contribution < 1.29 is 32.2 Å². The van der Waals surface area contributed by atoms with E-state index in [1.165, 1.54) is 11.8 Å². The Hall–Kier alpha value is -2.49. The number of nitrogens with two attached hydrogens (primary N) is 1. The van der Waals surface area contributed by atoms with Gasteiger partial charge in [0, 0.05) is 38.4 Å². The topological polar surface area (TPSA) is 85.1 Å². The Kier molecular flexibility index (Phi) is 7.46. The molecule has 2 rings (SSSR count). The molecule has 0 radical (unpaired) electrons. The zero-order valence-electron chi connectivity index (χ0n) is 18.6. The highest BCUT2D eigenvalue weighted by atomic mass is 19.4. The first-order valence-corrected chi connectivity index (χ1v) is 10.1. The molecule has 1 amide bonds. The summed E-state index contributed by atoms with van der Waals surface area (Å²) in [6.45, 7) is 9.82. The number of esters is 1. The third-order valence-corrected chi connectivity index (χ3v) is 4.97. The molecular formula is C21H30F3N3O4. The lowest BCUT2D eigenvalue weighted by Crippen LogP contribution is -2.49. The number of benzene rings is 1. The van der Waals surface area contributed by atoms with Gasteiger partial charge in [-0.25, -0.2) is 9.59 Å². The van der Waals surface area contributed by atoms with Crippen molar-refractivity contribution in [1.82, 2.24) is 9.80 Å². The van der Waals surface area contributed by atoms with Crippen molar-refractivity contribution >= 4 is 17.7 Å². The number of piperazine rings is 1. The number of halogens is 3. The average molecular weight is 445 g/mol. The third kappa shape index (κ3) is 6.25. The standard InChI is InChI=1S/C21H30F3N3O4/c1-6-30-18(28)14-11-16(21(22,23)24)15(13(2)17(14)25)12-26-7-9-27(10-8-26)19(29)31-20(3,4)5/h11H,6-10,12,25H2,1-5H3. The minimum atomic E-state index is -4.66. The maximum Gasteiger partial charge on any atom is 0.416 e. The van der Waals surface area contributed by atoms with Crippen LogP contribution in [0.1, 0.15) is 54.7 Å². The minimum Gasteiger partial charge on any atom is -0.462 e. The van der Waals surface area contributed by atoms with Crippen LogP contribution in [0.15, 0.2) is 6.07 Å². The molecular weight excluding hydrogens is 415 g/mol. The molecule has 31 heavy (non-hydrogen) atoms. The van der Waals surface area contributed by atoms with Crippen LogP contribution in [-0.2, 0) is 22.2 Å². The number of carbonyl (C=O) groups is 2. The van der Waals surface area contributed by atoms with Gasteiger partial charge in [-0.3, -0.25) is 4.90 Å². The van der Waals surface area contributed by atoms with Gasteiger partial charge in [-0.15, -0.1) is 0 Å². The second-order valence-corrected chi connectivity index (χ2v) is 8.45. The molecule has 1 aromatic carbocycles. The van der Waals surface area contributed by atoms with Crippen molar-refractivity contribution in [1.29, 1.82) is 0 Å². The van der Waals surface area contributed by atoms with Crippen LogP contribution < -0.4 is 5.73 Å². The molecule has 174 valence electrons. The fourth-order valence-corrected chi connectivity index (χ4v) is 3.35. The lowest BCUT2D eigenvalue weighted by molar-refractivity contribution is -0.138. The van der Waals surface area contributed by atoms with E-state index < -0.39 is 29.4 Å². The molecule has 1 aliphatic heterocycles. The van der Waals surface area contributed by atoms with Gasteiger partial charge in [0.1, 0.15) is 5.60 Å². The second kappa shape index (κ2) is 9.33. The Morgan fingerprint density at radius 1 is 1.13 bits per heavy atom. The summed E-state index contributed by atoms with van der Waals surface area (Å²) >= 11 is 0. The molecule has 0 saturated carbocycles. The molecule has 0 bridgehead atoms. The van der Waals surface area contributed by atoms with Crippen LogP contribution in [-0.4, -0.2) is 60.2 Å². The molecule has 1 fully saturated rings. The lowest BCUT2D eigenvalue weighted by Gasteiger charge is -2.36. The van der Waals surface area contributed by atoms with E-state index >= 15 is 0 Å². The molecule has 0 atom stereocenters. The number of alkyl halides is 3. The monoisotopic (exact) mass is 445 g/mol. The van der Waals surface area contributed by atoms with Gasteiger partial charge in [0.2, 0.25) is 0 Å². The van der Waals surface area contributed by atoms with E-state index in [4.69, 9.17) is 15.2 Å². The molecule has 0 spiro atoms. The fourth-order valence-electron chi connectivity index (χ4n) is 3.35. The summed E-state index contributed by atoms with van der Waals surface area (Å²) in [7, 11) is 0. The molecule has 1 aromatic rings. The van der Waals surface area contributed by atoms with Crippen LogP contribution >= 0.6 is 0 Å². The Morgan fingerprint density at radius 2 is 1.71 bits per heavy atom. The molecule has 0 aliphatic carbocycles. The predicted octanol–water partition coefficient (Wildman–Crippen LogP) is 3.83. The number of ether oxygens (including phenoxy) is 2. The summed E-state index contributed by atoms with van der Waals surface area (Å²) in [6, 6.07) is 0.770. The molecule has 2 N–H and O–H groups in total. The van der Waals surface area contributed by atoms with Gasteiger partial charge in [0.05, 0.1) is 17.7 Å². The normalized spacial score (nSPS) is 15.7. The fraction of sp³-hybridized carbons (Fsp3) is 0.619. The lowest BCUT2D eigenvalue weighted by atomic mass is 9.95. The highest BCUT2D eigenvalue weighted by Crippen LogP contribution is 2.38. The van der Waals surface area contributed by atoms with Crippen molar-refractivity contribution in [3.63, 3.8) is 0 Å². The Bertz CT molecular complexity index is 827. The van der Waals surface area contributed by atoms with Crippen LogP contribution in [0.3, 0.4) is 0 Å². The van der Waals surface area contributed by atoms with E-state index in [-0.39, 0.29) is 35.5 Å². The van der Waals surface area contributed by atoms with Crippen molar-refractivity contribution in [2.75, 3.05) is 38.5 Å². The second-order valence-electron chi connectivity index (χ2n) is 8.45. The van der Waals surface area contributed by atoms with Crippen LogP contribution in [0.25, 0.3) is 0 Å². The maximum absolute atomic E-state index is 13.8. The van der Waals surface area contributed by atoms with Gasteiger partial charge in [0.15, 0.2) is 0 Å². The highest BCUT2D eigenvalue weighted by Gasteiger charge is 2.37. The molecule has 0 unspecified atom stereocenters.